The highest BCUT2D eigenvalue weighted by Crippen LogP contribution is 2.42. The molecule has 4 heterocycles. The lowest BCUT2D eigenvalue weighted by Gasteiger charge is -2.33. The number of nitrogens with zero attached hydrogens (tertiary/aromatic N) is 5. The number of aromatic nitrogens is 3. The number of allylic oxidation sites excluding steroid dienone is 1. The number of pyridine rings is 1. The normalized spacial score (nSPS) is 14.9. The van der Waals surface area contributed by atoms with Crippen molar-refractivity contribution in [3.63, 3.8) is 0 Å². The number of benzene rings is 2. The Hall–Kier alpha value is -4.43. The van der Waals surface area contributed by atoms with Crippen LogP contribution >= 0.6 is 0 Å². The molecule has 2 aromatic heterocycles. The average molecular weight is 855 g/mol. The second-order valence-electron chi connectivity index (χ2n) is 16.2. The molecule has 0 aliphatic carbocycles. The average Bonchev–Trinajstić information content (AvgIpc) is 3.97. The molecule has 6 rings (SSSR count). The van der Waals surface area contributed by atoms with Crippen molar-refractivity contribution in [2.75, 3.05) is 25.0 Å². The summed E-state index contributed by atoms with van der Waals surface area (Å²) in [6.07, 6.45) is 21.7. The SMILES string of the molecule is C.C=CC1CCCN1C=C.C=CCCCCCCCCn1cc(-c2cc3c(cc2C(C)F)N(c2cccc4c2cc(C)c(=O)n4C)CCC3)cn1.CC.CC.CNC(C)C(C)C. The van der Waals surface area contributed by atoms with Crippen molar-refractivity contribution < 1.29 is 4.39 Å². The molecule has 2 aliphatic rings. The van der Waals surface area contributed by atoms with E-state index < -0.39 is 6.17 Å². The molecule has 7 nitrogen and oxygen atoms in total. The maximum absolute atomic E-state index is 15.2. The van der Waals surface area contributed by atoms with Gasteiger partial charge in [0.25, 0.3) is 5.56 Å². The van der Waals surface area contributed by atoms with Gasteiger partial charge in [0, 0.05) is 67.2 Å². The summed E-state index contributed by atoms with van der Waals surface area (Å²) in [6.45, 7) is 32.2. The third-order valence-corrected chi connectivity index (χ3v) is 11.8. The molecule has 1 fully saturated rings. The number of unbranched alkanes of at least 4 members (excludes halogenated alkanes) is 6. The van der Waals surface area contributed by atoms with Crippen molar-refractivity contribution >= 4 is 22.3 Å². The van der Waals surface area contributed by atoms with Crippen molar-refractivity contribution in [3.05, 3.63) is 114 Å². The molecule has 0 spiro atoms. The zero-order valence-corrected chi connectivity index (χ0v) is 40.2. The zero-order chi connectivity index (χ0) is 45.5. The van der Waals surface area contributed by atoms with Crippen LogP contribution in [0.1, 0.15) is 150 Å². The van der Waals surface area contributed by atoms with Crippen LogP contribution in [0.2, 0.25) is 0 Å². The van der Waals surface area contributed by atoms with E-state index in [1.807, 2.05) is 102 Å². The lowest BCUT2D eigenvalue weighted by atomic mass is 9.91. The summed E-state index contributed by atoms with van der Waals surface area (Å²) < 4.78 is 18.9. The minimum Gasteiger partial charge on any atom is -0.372 e. The van der Waals surface area contributed by atoms with Crippen LogP contribution < -0.4 is 15.8 Å². The standard InChI is InChI=1S/C35H43FN4O.C8H13N.C6H15N.2C2H6.CH4/c1-5-6-7-8-9-10-11-12-18-39-24-28(23-37-39)30-21-27-15-14-19-40(34(27)22-29(30)26(3)36)33-17-13-16-32-31(33)20-25(2)35(41)38(32)4;1-3-8-6-5-7-9(8)4-2;1-5(2)6(3)7-4;2*1-2;/h5,13,16-17,20-24,26H,1,6-12,14-15,18-19H2,2-4H3;3-4,8H,1-2,5-7H2;5-7H,1-4H3;2*1-2H3;1H4. The number of fused-ring (bicyclic) bond motifs is 2. The molecule has 0 radical (unpaired) electrons. The molecule has 2 aromatic carbocycles. The van der Waals surface area contributed by atoms with Crippen LogP contribution in [0.15, 0.2) is 91.7 Å². The van der Waals surface area contributed by atoms with Crippen LogP contribution in [0.5, 0.6) is 0 Å². The van der Waals surface area contributed by atoms with Gasteiger partial charge in [-0.25, -0.2) is 4.39 Å². The van der Waals surface area contributed by atoms with Crippen LogP contribution in [-0.2, 0) is 20.0 Å². The van der Waals surface area contributed by atoms with Crippen molar-refractivity contribution in [2.45, 2.75) is 165 Å². The van der Waals surface area contributed by atoms with Crippen molar-refractivity contribution in [1.29, 1.82) is 0 Å². The Morgan fingerprint density at radius 1 is 0.919 bits per heavy atom. The zero-order valence-electron chi connectivity index (χ0n) is 40.2. The Labute approximate surface area is 378 Å². The molecule has 4 aromatic rings. The number of hydrogen-bond donors (Lipinski definition) is 1. The fraction of sp³-hybridized carbons (Fsp3) is 0.556. The Balaban J connectivity index is 0.000000761. The number of halogens is 1. The van der Waals surface area contributed by atoms with Crippen LogP contribution in [-0.4, -0.2) is 51.5 Å². The minimum atomic E-state index is -1.11. The van der Waals surface area contributed by atoms with E-state index in [2.05, 4.69) is 79.1 Å². The van der Waals surface area contributed by atoms with Gasteiger partial charge in [-0.2, -0.15) is 5.10 Å². The second kappa shape index (κ2) is 29.8. The molecule has 8 heteroatoms. The third-order valence-electron chi connectivity index (χ3n) is 11.8. The van der Waals surface area contributed by atoms with Gasteiger partial charge in [-0.1, -0.05) is 99.4 Å². The monoisotopic (exact) mass is 855 g/mol. The maximum Gasteiger partial charge on any atom is 0.253 e. The van der Waals surface area contributed by atoms with Crippen LogP contribution in [0.3, 0.4) is 0 Å². The summed E-state index contributed by atoms with van der Waals surface area (Å²) in [5.41, 5.74) is 7.58. The summed E-state index contributed by atoms with van der Waals surface area (Å²) in [5, 5.41) is 8.83. The molecular formula is C54H87FN6O. The Kier molecular flexibility index (Phi) is 26.7. The van der Waals surface area contributed by atoms with E-state index in [9.17, 15) is 4.79 Å². The Bertz CT molecular complexity index is 1940. The summed E-state index contributed by atoms with van der Waals surface area (Å²) in [5.74, 6) is 0.755. The first-order valence-electron chi connectivity index (χ1n) is 23.4. The molecule has 62 heavy (non-hydrogen) atoms. The van der Waals surface area contributed by atoms with Crippen LogP contribution in [0, 0.1) is 12.8 Å². The maximum atomic E-state index is 15.2. The fourth-order valence-corrected chi connectivity index (χ4v) is 7.87. The quantitative estimate of drug-likeness (QED) is 0.0899. The molecule has 1 N–H and O–H groups in total. The number of hydrogen-bond acceptors (Lipinski definition) is 5. The van der Waals surface area contributed by atoms with E-state index in [-0.39, 0.29) is 13.0 Å². The highest BCUT2D eigenvalue weighted by atomic mass is 19.1. The first kappa shape index (κ1) is 55.6. The molecule has 0 bridgehead atoms. The molecule has 3 atom stereocenters. The van der Waals surface area contributed by atoms with Gasteiger partial charge in [-0.3, -0.25) is 9.48 Å². The van der Waals surface area contributed by atoms with E-state index in [0.29, 0.717) is 17.6 Å². The van der Waals surface area contributed by atoms with Crippen molar-refractivity contribution in [3.8, 4) is 11.1 Å². The molecule has 1 saturated heterocycles. The first-order valence-corrected chi connectivity index (χ1v) is 23.4. The van der Waals surface area contributed by atoms with Gasteiger partial charge in [0.1, 0.15) is 6.17 Å². The Morgan fingerprint density at radius 2 is 1.60 bits per heavy atom. The van der Waals surface area contributed by atoms with E-state index in [0.717, 1.165) is 90.2 Å². The molecule has 346 valence electrons. The topological polar surface area (TPSA) is 58.3 Å². The van der Waals surface area contributed by atoms with E-state index in [1.165, 1.54) is 50.5 Å². The molecule has 2 aliphatic heterocycles. The first-order chi connectivity index (χ1) is 29.4. The summed E-state index contributed by atoms with van der Waals surface area (Å²) in [6, 6.07) is 13.5. The molecule has 0 saturated carbocycles. The van der Waals surface area contributed by atoms with Gasteiger partial charge in [0.15, 0.2) is 0 Å². The third kappa shape index (κ3) is 15.7. The minimum absolute atomic E-state index is 0. The summed E-state index contributed by atoms with van der Waals surface area (Å²) >= 11 is 0. The van der Waals surface area contributed by atoms with Gasteiger partial charge in [-0.15, -0.1) is 13.2 Å². The van der Waals surface area contributed by atoms with Gasteiger partial charge < -0.3 is 19.7 Å². The number of aryl methyl sites for hydroxylation is 4. The lowest BCUT2D eigenvalue weighted by Crippen LogP contribution is -2.26. The van der Waals surface area contributed by atoms with E-state index in [1.54, 1.807) is 11.5 Å². The molecule has 3 unspecified atom stereocenters. The highest BCUT2D eigenvalue weighted by molar-refractivity contribution is 5.95. The lowest BCUT2D eigenvalue weighted by molar-refractivity contribution is 0.375. The number of anilines is 2. The molecular weight excluding hydrogens is 768 g/mol. The van der Waals surface area contributed by atoms with E-state index >= 15 is 4.39 Å². The van der Waals surface area contributed by atoms with Crippen molar-refractivity contribution in [2.24, 2.45) is 13.0 Å². The van der Waals surface area contributed by atoms with Gasteiger partial charge in [0.05, 0.1) is 17.4 Å². The predicted octanol–water partition coefficient (Wildman–Crippen LogP) is 14.5. The smallest absolute Gasteiger partial charge is 0.253 e. The summed E-state index contributed by atoms with van der Waals surface area (Å²) in [7, 11) is 3.82. The van der Waals surface area contributed by atoms with Crippen molar-refractivity contribution in [1.82, 2.24) is 24.6 Å². The van der Waals surface area contributed by atoms with Gasteiger partial charge in [0.2, 0.25) is 0 Å². The fourth-order valence-electron chi connectivity index (χ4n) is 7.87. The predicted molar refractivity (Wildman–Crippen MR) is 272 cm³/mol. The van der Waals surface area contributed by atoms with Gasteiger partial charge >= 0.3 is 0 Å². The van der Waals surface area contributed by atoms with Gasteiger partial charge in [-0.05, 0) is 132 Å². The largest absolute Gasteiger partial charge is 0.372 e. The Morgan fingerprint density at radius 3 is 2.18 bits per heavy atom. The number of alkyl halides is 1. The highest BCUT2D eigenvalue weighted by Gasteiger charge is 2.25. The number of rotatable bonds is 16. The van der Waals surface area contributed by atoms with E-state index in [4.69, 9.17) is 0 Å². The number of nitrogens with one attached hydrogen (secondary N) is 1. The van der Waals surface area contributed by atoms with Crippen LogP contribution in [0.25, 0.3) is 22.0 Å². The van der Waals surface area contributed by atoms with Crippen LogP contribution in [0.4, 0.5) is 15.8 Å². The number of likely N-dealkylation sites (tertiary alicyclic amines) is 1. The molecule has 0 amide bonds. The summed E-state index contributed by atoms with van der Waals surface area (Å²) in [4.78, 5) is 17.1. The second-order valence-corrected chi connectivity index (χ2v) is 16.2.